The molecule has 0 radical (unpaired) electrons. The molecule has 0 amide bonds. The summed E-state index contributed by atoms with van der Waals surface area (Å²) >= 11 is 0. The van der Waals surface area contributed by atoms with Crippen LogP contribution in [0.4, 0.5) is 0 Å². The molecule has 100 valence electrons. The Morgan fingerprint density at radius 1 is 1.21 bits per heavy atom. The number of rotatable bonds is 6. The van der Waals surface area contributed by atoms with E-state index in [4.69, 9.17) is 9.47 Å². The van der Waals surface area contributed by atoms with Crippen LogP contribution in [0.15, 0.2) is 50.0 Å². The van der Waals surface area contributed by atoms with Crippen molar-refractivity contribution >= 4 is 6.08 Å². The number of benzene rings is 1. The molecular formula is C17H20O2. The molecule has 0 bridgehead atoms. The number of fused-ring (bicyclic) bond motifs is 1. The zero-order valence-electron chi connectivity index (χ0n) is 11.3. The maximum Gasteiger partial charge on any atom is 0.113 e. The summed E-state index contributed by atoms with van der Waals surface area (Å²) in [5.41, 5.74) is 3.76. The fraction of sp³-hybridized carbons (Fsp3) is 0.294. The van der Waals surface area contributed by atoms with Crippen LogP contribution >= 0.6 is 0 Å². The fourth-order valence-electron chi connectivity index (χ4n) is 2.51. The van der Waals surface area contributed by atoms with Crippen molar-refractivity contribution in [1.29, 1.82) is 0 Å². The van der Waals surface area contributed by atoms with Gasteiger partial charge >= 0.3 is 0 Å². The Morgan fingerprint density at radius 3 is 2.74 bits per heavy atom. The standard InChI is InChI=1S/C17H20O2/c1-4-18-11-14-7-6-8-16-15(14)10-9-13(3)17(16)12-19-5-2/h4-10,13,17H,1-2,11-12H2,3H3. The van der Waals surface area contributed by atoms with Gasteiger partial charge in [-0.3, -0.25) is 0 Å². The Hall–Kier alpha value is -1.96. The third-order valence-corrected chi connectivity index (χ3v) is 3.58. The van der Waals surface area contributed by atoms with Crippen LogP contribution in [0.25, 0.3) is 6.08 Å². The van der Waals surface area contributed by atoms with Gasteiger partial charge in [-0.1, -0.05) is 50.4 Å². The zero-order chi connectivity index (χ0) is 13.7. The molecule has 0 aromatic heterocycles. The third kappa shape index (κ3) is 2.90. The van der Waals surface area contributed by atoms with Gasteiger partial charge in [0.25, 0.3) is 0 Å². The second-order valence-corrected chi connectivity index (χ2v) is 4.72. The number of ether oxygens (including phenoxy) is 2. The summed E-state index contributed by atoms with van der Waals surface area (Å²) < 4.78 is 10.7. The van der Waals surface area contributed by atoms with Gasteiger partial charge in [-0.05, 0) is 22.6 Å². The van der Waals surface area contributed by atoms with Crippen molar-refractivity contribution in [1.82, 2.24) is 0 Å². The highest BCUT2D eigenvalue weighted by atomic mass is 16.5. The highest BCUT2D eigenvalue weighted by Gasteiger charge is 2.24. The molecule has 0 spiro atoms. The number of hydrogen-bond acceptors (Lipinski definition) is 2. The molecule has 1 aliphatic rings. The van der Waals surface area contributed by atoms with E-state index in [0.29, 0.717) is 25.0 Å². The molecule has 1 aromatic carbocycles. The second kappa shape index (κ2) is 6.28. The Balaban J connectivity index is 2.32. The molecule has 0 heterocycles. The second-order valence-electron chi connectivity index (χ2n) is 4.72. The van der Waals surface area contributed by atoms with Gasteiger partial charge in [0, 0.05) is 5.92 Å². The average molecular weight is 256 g/mol. The van der Waals surface area contributed by atoms with Crippen molar-refractivity contribution in [2.45, 2.75) is 19.4 Å². The van der Waals surface area contributed by atoms with E-state index in [2.05, 4.69) is 50.4 Å². The van der Waals surface area contributed by atoms with Crippen molar-refractivity contribution < 1.29 is 9.47 Å². The van der Waals surface area contributed by atoms with Crippen LogP contribution in [0.1, 0.15) is 29.5 Å². The molecule has 2 atom stereocenters. The first-order valence-corrected chi connectivity index (χ1v) is 6.53. The van der Waals surface area contributed by atoms with Crippen LogP contribution < -0.4 is 0 Å². The van der Waals surface area contributed by atoms with Crippen LogP contribution in [-0.4, -0.2) is 6.61 Å². The van der Waals surface area contributed by atoms with E-state index in [-0.39, 0.29) is 0 Å². The molecule has 0 saturated carbocycles. The van der Waals surface area contributed by atoms with Crippen LogP contribution in [0.2, 0.25) is 0 Å². The van der Waals surface area contributed by atoms with E-state index in [1.807, 2.05) is 0 Å². The minimum absolute atomic E-state index is 0.363. The van der Waals surface area contributed by atoms with Crippen molar-refractivity contribution in [3.05, 3.63) is 66.6 Å². The quantitative estimate of drug-likeness (QED) is 0.708. The minimum atomic E-state index is 0.363. The Bertz CT molecular complexity index is 488. The summed E-state index contributed by atoms with van der Waals surface area (Å²) in [6.45, 7) is 10.6. The van der Waals surface area contributed by atoms with Crippen molar-refractivity contribution in [3.8, 4) is 0 Å². The molecule has 2 unspecified atom stereocenters. The normalized spacial score (nSPS) is 20.5. The van der Waals surface area contributed by atoms with Crippen molar-refractivity contribution in [2.75, 3.05) is 6.61 Å². The van der Waals surface area contributed by atoms with E-state index in [1.54, 1.807) is 0 Å². The summed E-state index contributed by atoms with van der Waals surface area (Å²) in [5, 5.41) is 0. The average Bonchev–Trinajstić information content (AvgIpc) is 2.44. The molecule has 0 saturated heterocycles. The largest absolute Gasteiger partial charge is 0.501 e. The van der Waals surface area contributed by atoms with Gasteiger partial charge in [0.2, 0.25) is 0 Å². The van der Waals surface area contributed by atoms with Gasteiger partial charge < -0.3 is 9.47 Å². The molecule has 1 aromatic rings. The summed E-state index contributed by atoms with van der Waals surface area (Å²) in [7, 11) is 0. The maximum absolute atomic E-state index is 5.40. The Morgan fingerprint density at radius 2 is 2.00 bits per heavy atom. The predicted octanol–water partition coefficient (Wildman–Crippen LogP) is 4.25. The zero-order valence-corrected chi connectivity index (χ0v) is 11.3. The van der Waals surface area contributed by atoms with Gasteiger partial charge in [-0.2, -0.15) is 0 Å². The van der Waals surface area contributed by atoms with E-state index in [9.17, 15) is 0 Å². The first-order valence-electron chi connectivity index (χ1n) is 6.53. The van der Waals surface area contributed by atoms with Gasteiger partial charge in [0.15, 0.2) is 0 Å². The molecule has 0 fully saturated rings. The smallest absolute Gasteiger partial charge is 0.113 e. The lowest BCUT2D eigenvalue weighted by molar-refractivity contribution is 0.210. The van der Waals surface area contributed by atoms with E-state index >= 15 is 0 Å². The summed E-state index contributed by atoms with van der Waals surface area (Å²) in [6, 6.07) is 6.34. The molecular weight excluding hydrogens is 236 g/mol. The molecule has 0 aliphatic heterocycles. The first-order chi connectivity index (χ1) is 9.27. The number of hydrogen-bond donors (Lipinski definition) is 0. The third-order valence-electron chi connectivity index (χ3n) is 3.58. The summed E-state index contributed by atoms with van der Waals surface area (Å²) in [4.78, 5) is 0. The first kappa shape index (κ1) is 13.5. The van der Waals surface area contributed by atoms with Crippen LogP contribution in [0.3, 0.4) is 0 Å². The van der Waals surface area contributed by atoms with Crippen LogP contribution in [0, 0.1) is 5.92 Å². The monoisotopic (exact) mass is 256 g/mol. The summed E-state index contributed by atoms with van der Waals surface area (Å²) in [5.74, 6) is 0.824. The van der Waals surface area contributed by atoms with Gasteiger partial charge in [0.1, 0.15) is 6.61 Å². The van der Waals surface area contributed by atoms with Gasteiger partial charge in [-0.25, -0.2) is 0 Å². The van der Waals surface area contributed by atoms with Crippen molar-refractivity contribution in [3.63, 3.8) is 0 Å². The molecule has 2 rings (SSSR count). The topological polar surface area (TPSA) is 18.5 Å². The highest BCUT2D eigenvalue weighted by Crippen LogP contribution is 2.36. The Kier molecular flexibility index (Phi) is 4.45. The van der Waals surface area contributed by atoms with Crippen molar-refractivity contribution in [2.24, 2.45) is 5.92 Å². The summed E-state index contributed by atoms with van der Waals surface area (Å²) in [6.07, 6.45) is 7.41. The Labute approximate surface area is 115 Å². The lowest BCUT2D eigenvalue weighted by atomic mass is 9.79. The molecule has 1 aliphatic carbocycles. The van der Waals surface area contributed by atoms with Crippen LogP contribution in [0.5, 0.6) is 0 Å². The molecule has 2 nitrogen and oxygen atoms in total. The SMILES string of the molecule is C=COCc1cccc2c1C=CC(C)C2COC=C. The molecule has 0 N–H and O–H groups in total. The predicted molar refractivity (Wildman–Crippen MR) is 78.5 cm³/mol. The van der Waals surface area contributed by atoms with E-state index < -0.39 is 0 Å². The molecule has 19 heavy (non-hydrogen) atoms. The number of allylic oxidation sites excluding steroid dienone is 1. The van der Waals surface area contributed by atoms with E-state index in [0.717, 1.165) is 0 Å². The highest BCUT2D eigenvalue weighted by molar-refractivity contribution is 5.62. The van der Waals surface area contributed by atoms with E-state index in [1.165, 1.54) is 29.2 Å². The fourth-order valence-corrected chi connectivity index (χ4v) is 2.51. The minimum Gasteiger partial charge on any atom is -0.501 e. The van der Waals surface area contributed by atoms with Crippen LogP contribution in [-0.2, 0) is 16.1 Å². The lowest BCUT2D eigenvalue weighted by Crippen LogP contribution is -2.18. The molecule has 2 heteroatoms. The van der Waals surface area contributed by atoms with Gasteiger partial charge in [0.05, 0.1) is 19.1 Å². The maximum atomic E-state index is 5.40. The lowest BCUT2D eigenvalue weighted by Gasteiger charge is -2.28. The van der Waals surface area contributed by atoms with Gasteiger partial charge in [-0.15, -0.1) is 0 Å².